The number of esters is 1. The first-order valence-corrected chi connectivity index (χ1v) is 10.2. The van der Waals surface area contributed by atoms with Crippen molar-refractivity contribution in [3.05, 3.63) is 53.3 Å². The smallest absolute Gasteiger partial charge is 0.338 e. The topological polar surface area (TPSA) is 90.5 Å². The minimum atomic E-state index is -0.394. The number of nitrogens with one attached hydrogen (secondary N) is 1. The number of hydrogen-bond acceptors (Lipinski definition) is 5. The van der Waals surface area contributed by atoms with Gasteiger partial charge in [-0.3, -0.25) is 9.59 Å². The molecule has 3 aromatic rings. The number of carbonyl (C=O) groups is 3. The molecule has 0 unspecified atom stereocenters. The van der Waals surface area contributed by atoms with Gasteiger partial charge in [0.2, 0.25) is 5.78 Å². The number of aromatic nitrogens is 2. The summed E-state index contributed by atoms with van der Waals surface area (Å²) in [4.78, 5) is 36.9. The van der Waals surface area contributed by atoms with Crippen molar-refractivity contribution in [1.82, 2.24) is 4.57 Å². The average Bonchev–Trinajstić information content (AvgIpc) is 3.03. The Morgan fingerprint density at radius 2 is 1.94 bits per heavy atom. The maximum absolute atomic E-state index is 13.1. The lowest BCUT2D eigenvalue weighted by Gasteiger charge is -2.18. The van der Waals surface area contributed by atoms with Crippen LogP contribution in [0.3, 0.4) is 0 Å². The van der Waals surface area contributed by atoms with Crippen LogP contribution in [0, 0.1) is 6.92 Å². The van der Waals surface area contributed by atoms with Crippen LogP contribution >= 0.6 is 0 Å². The molecule has 0 fully saturated rings. The molecule has 1 aliphatic heterocycles. The molecule has 0 bridgehead atoms. The molecule has 0 saturated heterocycles. The van der Waals surface area contributed by atoms with E-state index in [4.69, 9.17) is 9.47 Å². The lowest BCUT2D eigenvalue weighted by Crippen LogP contribution is -2.35. The highest BCUT2D eigenvalue weighted by Gasteiger charge is 2.25. The van der Waals surface area contributed by atoms with Crippen molar-refractivity contribution >= 4 is 34.4 Å². The summed E-state index contributed by atoms with van der Waals surface area (Å²) < 4.78 is 14.5. The van der Waals surface area contributed by atoms with Crippen LogP contribution in [0.4, 0.5) is 5.69 Å². The lowest BCUT2D eigenvalue weighted by molar-refractivity contribution is -0.674. The van der Waals surface area contributed by atoms with Gasteiger partial charge >= 0.3 is 5.97 Å². The highest BCUT2D eigenvalue weighted by atomic mass is 16.5. The summed E-state index contributed by atoms with van der Waals surface area (Å²) in [5.74, 6) is 0.685. The summed E-state index contributed by atoms with van der Waals surface area (Å²) in [5, 5.41) is 2.73. The zero-order chi connectivity index (χ0) is 22.1. The van der Waals surface area contributed by atoms with Gasteiger partial charge in [0.25, 0.3) is 11.7 Å². The van der Waals surface area contributed by atoms with Crippen LogP contribution < -0.4 is 14.6 Å². The average molecular weight is 422 g/mol. The first kappa shape index (κ1) is 20.6. The van der Waals surface area contributed by atoms with Crippen LogP contribution in [0.2, 0.25) is 0 Å². The van der Waals surface area contributed by atoms with Gasteiger partial charge in [0.15, 0.2) is 24.2 Å². The summed E-state index contributed by atoms with van der Waals surface area (Å²) in [6.45, 7) is 6.82. The number of imidazole rings is 1. The third-order valence-electron chi connectivity index (χ3n) is 5.40. The highest BCUT2D eigenvalue weighted by Crippen LogP contribution is 2.29. The van der Waals surface area contributed by atoms with Crippen LogP contribution in [-0.4, -0.2) is 35.4 Å². The van der Waals surface area contributed by atoms with Crippen molar-refractivity contribution in [3.8, 4) is 5.75 Å². The number of carbonyl (C=O) groups excluding carboxylic acids is 3. The summed E-state index contributed by atoms with van der Waals surface area (Å²) in [7, 11) is 0. The second-order valence-corrected chi connectivity index (χ2v) is 7.27. The molecule has 0 atom stereocenters. The molecular weight excluding hydrogens is 398 g/mol. The fourth-order valence-corrected chi connectivity index (χ4v) is 3.89. The Hall–Kier alpha value is -3.68. The molecule has 1 N–H and O–H groups in total. The summed E-state index contributed by atoms with van der Waals surface area (Å²) in [6.07, 6.45) is 0. The summed E-state index contributed by atoms with van der Waals surface area (Å²) >= 11 is 0. The predicted molar refractivity (Wildman–Crippen MR) is 113 cm³/mol. The van der Waals surface area contributed by atoms with Gasteiger partial charge in [0, 0.05) is 18.6 Å². The normalized spacial score (nSPS) is 12.8. The molecular formula is C23H24N3O5+. The molecule has 160 valence electrons. The molecule has 8 nitrogen and oxygen atoms in total. The van der Waals surface area contributed by atoms with Crippen molar-refractivity contribution < 1.29 is 28.4 Å². The van der Waals surface area contributed by atoms with E-state index in [-0.39, 0.29) is 24.8 Å². The van der Waals surface area contributed by atoms with E-state index in [1.54, 1.807) is 37.3 Å². The quantitative estimate of drug-likeness (QED) is 0.375. The Bertz CT molecular complexity index is 1210. The number of anilines is 1. The van der Waals surface area contributed by atoms with Crippen LogP contribution in [-0.2, 0) is 22.6 Å². The molecule has 1 amide bonds. The van der Waals surface area contributed by atoms with Crippen molar-refractivity contribution in [1.29, 1.82) is 0 Å². The van der Waals surface area contributed by atoms with Gasteiger partial charge in [0.05, 0.1) is 24.4 Å². The third-order valence-corrected chi connectivity index (χ3v) is 5.40. The predicted octanol–water partition coefficient (Wildman–Crippen LogP) is 2.65. The SMILES string of the molecule is CCOC(=O)c1ccc2c(c1)n(CC(=O)c1ccc3c(c1)NC(=O)CO3)c(C)[n+]2CC. The first-order valence-electron chi connectivity index (χ1n) is 10.2. The number of fused-ring (bicyclic) bond motifs is 2. The molecule has 0 saturated carbocycles. The second-order valence-electron chi connectivity index (χ2n) is 7.27. The number of rotatable bonds is 6. The van der Waals surface area contributed by atoms with Crippen LogP contribution in [0.25, 0.3) is 11.0 Å². The number of nitrogens with zero attached hydrogens (tertiary/aromatic N) is 2. The summed E-state index contributed by atoms with van der Waals surface area (Å²) in [6, 6.07) is 10.4. The molecule has 2 aromatic carbocycles. The second kappa shape index (κ2) is 8.22. The number of ether oxygens (including phenoxy) is 2. The third kappa shape index (κ3) is 3.76. The van der Waals surface area contributed by atoms with E-state index in [0.29, 0.717) is 29.2 Å². The number of benzene rings is 2. The van der Waals surface area contributed by atoms with Gasteiger partial charge in [-0.1, -0.05) is 0 Å². The molecule has 1 aliphatic rings. The Morgan fingerprint density at radius 3 is 2.68 bits per heavy atom. The molecule has 4 rings (SSSR count). The maximum atomic E-state index is 13.1. The van der Waals surface area contributed by atoms with Gasteiger partial charge in [0.1, 0.15) is 5.75 Å². The molecule has 0 aliphatic carbocycles. The van der Waals surface area contributed by atoms with Crippen LogP contribution in [0.15, 0.2) is 36.4 Å². The van der Waals surface area contributed by atoms with Gasteiger partial charge in [-0.25, -0.2) is 13.9 Å². The van der Waals surface area contributed by atoms with Crippen molar-refractivity contribution in [2.75, 3.05) is 18.5 Å². The molecule has 0 radical (unpaired) electrons. The van der Waals surface area contributed by atoms with Crippen molar-refractivity contribution in [2.24, 2.45) is 0 Å². The number of hydrogen-bond donors (Lipinski definition) is 1. The zero-order valence-corrected chi connectivity index (χ0v) is 17.7. The van der Waals surface area contributed by atoms with Gasteiger partial charge in [-0.2, -0.15) is 0 Å². The molecule has 0 spiro atoms. The Kier molecular flexibility index (Phi) is 5.46. The van der Waals surface area contributed by atoms with Gasteiger partial charge in [-0.15, -0.1) is 0 Å². The van der Waals surface area contributed by atoms with E-state index >= 15 is 0 Å². The number of amides is 1. The zero-order valence-electron chi connectivity index (χ0n) is 17.7. The van der Waals surface area contributed by atoms with E-state index < -0.39 is 5.97 Å². The monoisotopic (exact) mass is 422 g/mol. The van der Waals surface area contributed by atoms with Crippen molar-refractivity contribution in [2.45, 2.75) is 33.9 Å². The molecule has 8 heteroatoms. The van der Waals surface area contributed by atoms with E-state index in [9.17, 15) is 14.4 Å². The number of ketones is 1. The van der Waals surface area contributed by atoms with Crippen LogP contribution in [0.5, 0.6) is 5.75 Å². The van der Waals surface area contributed by atoms with Gasteiger partial charge < -0.3 is 14.8 Å². The highest BCUT2D eigenvalue weighted by molar-refractivity contribution is 6.01. The minimum Gasteiger partial charge on any atom is -0.482 e. The summed E-state index contributed by atoms with van der Waals surface area (Å²) in [5.41, 5.74) is 3.12. The standard InChI is InChI=1S/C23H23N3O5/c1-4-25-14(3)26(19-11-16(6-8-18(19)25)23(29)30-5-2)12-20(27)15-7-9-21-17(10-15)24-22(28)13-31-21/h6-11H,4-5,12-13H2,1-3H3/p+1. The van der Waals surface area contributed by atoms with E-state index in [0.717, 1.165) is 23.4 Å². The first-order chi connectivity index (χ1) is 14.9. The van der Waals surface area contributed by atoms with Crippen LogP contribution in [0.1, 0.15) is 40.4 Å². The Balaban J connectivity index is 1.71. The lowest BCUT2D eigenvalue weighted by atomic mass is 10.1. The molecule has 2 heterocycles. The van der Waals surface area contributed by atoms with E-state index in [1.807, 2.05) is 24.5 Å². The van der Waals surface area contributed by atoms with Gasteiger partial charge in [-0.05, 0) is 44.2 Å². The fraction of sp³-hybridized carbons (Fsp3) is 0.304. The maximum Gasteiger partial charge on any atom is 0.338 e. The molecule has 1 aromatic heterocycles. The number of Topliss-reactive ketones (excluding diaryl/α,β-unsaturated/α-hetero) is 1. The fourth-order valence-electron chi connectivity index (χ4n) is 3.89. The number of aryl methyl sites for hydroxylation is 1. The Labute approximate surface area is 179 Å². The minimum absolute atomic E-state index is 0.0331. The van der Waals surface area contributed by atoms with E-state index in [2.05, 4.69) is 9.88 Å². The molecule has 31 heavy (non-hydrogen) atoms. The Morgan fingerprint density at radius 1 is 1.16 bits per heavy atom. The van der Waals surface area contributed by atoms with Crippen molar-refractivity contribution in [3.63, 3.8) is 0 Å². The largest absolute Gasteiger partial charge is 0.482 e. The van der Waals surface area contributed by atoms with E-state index in [1.165, 1.54) is 0 Å².